The van der Waals surface area contributed by atoms with E-state index < -0.39 is 19.7 Å². The van der Waals surface area contributed by atoms with Crippen LogP contribution in [0.4, 0.5) is 24.5 Å². The number of benzene rings is 3. The smallest absolute Gasteiger partial charge is 0.416 e. The van der Waals surface area contributed by atoms with E-state index in [1.165, 1.54) is 5.30 Å². The first-order valence-corrected chi connectivity index (χ1v) is 12.2. The minimum atomic E-state index is -4.35. The molecule has 1 unspecified atom stereocenters. The summed E-state index contributed by atoms with van der Waals surface area (Å²) in [6.45, 7) is 6.65. The van der Waals surface area contributed by atoms with Gasteiger partial charge in [-0.3, -0.25) is 0 Å². The van der Waals surface area contributed by atoms with Gasteiger partial charge in [0.2, 0.25) is 0 Å². The molecule has 3 aromatic carbocycles. The molecule has 1 aliphatic heterocycles. The maximum atomic E-state index is 13.1. The third-order valence-corrected chi connectivity index (χ3v) is 9.07. The number of rotatable bonds is 4. The van der Waals surface area contributed by atoms with E-state index in [1.54, 1.807) is 26.4 Å². The number of hydrogen-bond donors (Lipinski definition) is 0. The second-order valence-electron chi connectivity index (χ2n) is 8.92. The Hall–Kier alpha value is -2.72. The molecule has 1 heterocycles. The fourth-order valence-corrected chi connectivity index (χ4v) is 7.02. The summed E-state index contributed by atoms with van der Waals surface area (Å²) in [7, 11) is 2.60. The van der Waals surface area contributed by atoms with Gasteiger partial charge in [-0.05, 0) is 61.1 Å². The zero-order chi connectivity index (χ0) is 24.0. The van der Waals surface area contributed by atoms with Crippen molar-refractivity contribution in [3.8, 4) is 22.6 Å². The average Bonchev–Trinajstić information content (AvgIpc) is 3.18. The number of nitrogens with zero attached hydrogens (tertiary/aromatic N) is 1. The van der Waals surface area contributed by atoms with Crippen molar-refractivity contribution in [1.82, 2.24) is 0 Å². The van der Waals surface area contributed by atoms with Crippen LogP contribution in [0.2, 0.25) is 0 Å². The van der Waals surface area contributed by atoms with Crippen LogP contribution in [0.5, 0.6) is 11.5 Å². The topological polar surface area (TPSA) is 21.7 Å². The lowest BCUT2D eigenvalue weighted by molar-refractivity contribution is -0.137. The molecule has 0 saturated heterocycles. The zero-order valence-electron chi connectivity index (χ0n) is 19.3. The molecule has 1 aliphatic rings. The number of anilines is 2. The third-order valence-electron chi connectivity index (χ3n) is 5.87. The zero-order valence-corrected chi connectivity index (χ0v) is 20.2. The van der Waals surface area contributed by atoms with Crippen LogP contribution in [0.1, 0.15) is 26.3 Å². The minimum absolute atomic E-state index is 0.0178. The van der Waals surface area contributed by atoms with Crippen molar-refractivity contribution in [2.24, 2.45) is 0 Å². The Bertz CT molecular complexity index is 1130. The van der Waals surface area contributed by atoms with Crippen LogP contribution in [-0.4, -0.2) is 25.7 Å². The molecule has 174 valence electrons. The third kappa shape index (κ3) is 4.29. The van der Waals surface area contributed by atoms with Gasteiger partial charge in [0.25, 0.3) is 0 Å². The molecule has 0 saturated carbocycles. The lowest BCUT2D eigenvalue weighted by Crippen LogP contribution is -2.20. The molecular weight excluding hydrogens is 446 g/mol. The van der Waals surface area contributed by atoms with Crippen molar-refractivity contribution in [1.29, 1.82) is 0 Å². The predicted octanol–water partition coefficient (Wildman–Crippen LogP) is 7.40. The molecule has 0 fully saturated rings. The van der Waals surface area contributed by atoms with Gasteiger partial charge in [-0.25, -0.2) is 0 Å². The molecule has 0 spiro atoms. The molecular formula is C26H27F3NO2P. The van der Waals surface area contributed by atoms with Gasteiger partial charge >= 0.3 is 6.18 Å². The van der Waals surface area contributed by atoms with Crippen molar-refractivity contribution in [2.45, 2.75) is 32.1 Å². The molecule has 0 amide bonds. The fraction of sp³-hybridized carbons (Fsp3) is 0.308. The van der Waals surface area contributed by atoms with Gasteiger partial charge in [-0.15, -0.1) is 0 Å². The lowest BCUT2D eigenvalue weighted by atomic mass is 10.0. The van der Waals surface area contributed by atoms with Gasteiger partial charge in [0.05, 0.1) is 25.3 Å². The van der Waals surface area contributed by atoms with Crippen molar-refractivity contribution >= 4 is 24.6 Å². The van der Waals surface area contributed by atoms with E-state index >= 15 is 0 Å². The van der Waals surface area contributed by atoms with Gasteiger partial charge in [0.1, 0.15) is 11.5 Å². The standard InChI is InChI=1S/C26H27F3NO2P/c1-25(2,3)33-16-30(18-14-12-17(13-15-18)26(27,28)29)20-9-6-8-19(24(20)33)23-21(31-4)10-7-11-22(23)32-5/h6-15H,16H2,1-5H3. The normalized spacial score (nSPS) is 16.0. The van der Waals surface area contributed by atoms with E-state index in [9.17, 15) is 13.2 Å². The summed E-state index contributed by atoms with van der Waals surface area (Å²) in [6, 6.07) is 17.3. The quantitative estimate of drug-likeness (QED) is 0.369. The summed E-state index contributed by atoms with van der Waals surface area (Å²) in [5.41, 5.74) is 3.06. The molecule has 3 aromatic rings. The maximum Gasteiger partial charge on any atom is 0.416 e. The van der Waals surface area contributed by atoms with E-state index in [1.807, 2.05) is 30.3 Å². The van der Waals surface area contributed by atoms with E-state index in [0.717, 1.165) is 52.4 Å². The van der Waals surface area contributed by atoms with Crippen LogP contribution in [-0.2, 0) is 6.18 Å². The largest absolute Gasteiger partial charge is 0.496 e. The second kappa shape index (κ2) is 8.57. The summed E-state index contributed by atoms with van der Waals surface area (Å²) in [4.78, 5) is 2.14. The molecule has 4 rings (SSSR count). The molecule has 1 atom stereocenters. The highest BCUT2D eigenvalue weighted by atomic mass is 31.1. The summed E-state index contributed by atoms with van der Waals surface area (Å²) >= 11 is 0. The maximum absolute atomic E-state index is 13.1. The van der Waals surface area contributed by atoms with Gasteiger partial charge in [0.15, 0.2) is 0 Å². The molecule has 7 heteroatoms. The number of alkyl halides is 3. The molecule has 0 aromatic heterocycles. The molecule has 3 nitrogen and oxygen atoms in total. The number of hydrogen-bond acceptors (Lipinski definition) is 3. The SMILES string of the molecule is COc1cccc(OC)c1-c1cccc2c1P(C(C)(C)C)CN2c1ccc(C(F)(F)F)cc1. The van der Waals surface area contributed by atoms with E-state index in [-0.39, 0.29) is 5.16 Å². The Kier molecular flexibility index (Phi) is 6.09. The predicted molar refractivity (Wildman–Crippen MR) is 130 cm³/mol. The first-order valence-electron chi connectivity index (χ1n) is 10.6. The first kappa shape index (κ1) is 23.4. The second-order valence-corrected chi connectivity index (χ2v) is 11.9. The summed E-state index contributed by atoms with van der Waals surface area (Å²) in [5.74, 6) is 1.44. The Balaban J connectivity index is 1.91. The van der Waals surface area contributed by atoms with Crippen LogP contribution < -0.4 is 19.7 Å². The van der Waals surface area contributed by atoms with Crippen LogP contribution in [0.3, 0.4) is 0 Å². The van der Waals surface area contributed by atoms with Gasteiger partial charge in [0, 0.05) is 23.0 Å². The van der Waals surface area contributed by atoms with E-state index in [2.05, 4.69) is 31.7 Å². The Morgan fingerprint density at radius 2 is 1.39 bits per heavy atom. The van der Waals surface area contributed by atoms with Crippen LogP contribution in [0.15, 0.2) is 60.7 Å². The molecule has 0 N–H and O–H groups in total. The van der Waals surface area contributed by atoms with Crippen molar-refractivity contribution in [3.63, 3.8) is 0 Å². The Labute approximate surface area is 193 Å². The number of halogens is 3. The Morgan fingerprint density at radius 1 is 0.818 bits per heavy atom. The highest BCUT2D eigenvalue weighted by Crippen LogP contribution is 2.59. The van der Waals surface area contributed by atoms with Crippen LogP contribution in [0.25, 0.3) is 11.1 Å². The van der Waals surface area contributed by atoms with E-state index in [0.29, 0.717) is 0 Å². The van der Waals surface area contributed by atoms with Gasteiger partial charge in [-0.1, -0.05) is 39.0 Å². The number of ether oxygens (including phenoxy) is 2. The molecule has 0 aliphatic carbocycles. The first-order chi connectivity index (χ1) is 15.6. The lowest BCUT2D eigenvalue weighted by Gasteiger charge is -2.30. The van der Waals surface area contributed by atoms with Crippen LogP contribution >= 0.6 is 7.92 Å². The van der Waals surface area contributed by atoms with Crippen molar-refractivity contribution in [3.05, 3.63) is 66.2 Å². The number of fused-ring (bicyclic) bond motifs is 1. The minimum Gasteiger partial charge on any atom is -0.496 e. The van der Waals surface area contributed by atoms with E-state index in [4.69, 9.17) is 9.47 Å². The molecule has 0 bridgehead atoms. The average molecular weight is 473 g/mol. The summed E-state index contributed by atoms with van der Waals surface area (Å²) in [6.07, 6.45) is -3.62. The van der Waals surface area contributed by atoms with Gasteiger partial charge < -0.3 is 14.4 Å². The monoisotopic (exact) mass is 473 g/mol. The highest BCUT2D eigenvalue weighted by molar-refractivity contribution is 7.68. The van der Waals surface area contributed by atoms with Crippen molar-refractivity contribution < 1.29 is 22.6 Å². The summed E-state index contributed by atoms with van der Waals surface area (Å²) in [5, 5.41) is 1.19. The fourth-order valence-electron chi connectivity index (χ4n) is 4.24. The molecule has 0 radical (unpaired) electrons. The number of methoxy groups -OCH3 is 2. The van der Waals surface area contributed by atoms with Gasteiger partial charge in [-0.2, -0.15) is 13.2 Å². The Morgan fingerprint density at radius 3 is 1.91 bits per heavy atom. The summed E-state index contributed by atoms with van der Waals surface area (Å²) < 4.78 is 50.7. The van der Waals surface area contributed by atoms with Crippen LogP contribution in [0, 0.1) is 0 Å². The highest BCUT2D eigenvalue weighted by Gasteiger charge is 2.39. The van der Waals surface area contributed by atoms with Crippen molar-refractivity contribution in [2.75, 3.05) is 25.4 Å². The molecule has 33 heavy (non-hydrogen) atoms.